The molecule has 0 fully saturated rings. The molecule has 212 valence electrons. The molecule has 2 heterocycles. The van der Waals surface area contributed by atoms with E-state index in [-0.39, 0.29) is 0 Å². The third-order valence-electron chi connectivity index (χ3n) is 9.21. The molecule has 0 unspecified atom stereocenters. The average Bonchev–Trinajstić information content (AvgIpc) is 3.45. The van der Waals surface area contributed by atoms with E-state index in [9.17, 15) is 0 Å². The summed E-state index contributed by atoms with van der Waals surface area (Å²) < 4.78 is 2.43. The van der Waals surface area contributed by atoms with E-state index in [0.29, 0.717) is 0 Å². The van der Waals surface area contributed by atoms with Gasteiger partial charge in [-0.25, -0.2) is 0 Å². The van der Waals surface area contributed by atoms with Crippen molar-refractivity contribution in [2.24, 2.45) is 0 Å². The zero-order chi connectivity index (χ0) is 29.9. The topological polar surface area (TPSA) is 4.93 Å². The van der Waals surface area contributed by atoms with Crippen LogP contribution in [-0.2, 0) is 6.42 Å². The van der Waals surface area contributed by atoms with Crippen molar-refractivity contribution in [1.29, 1.82) is 0 Å². The van der Waals surface area contributed by atoms with E-state index in [0.717, 1.165) is 16.9 Å². The number of fused-ring (bicyclic) bond motifs is 10. The third-order valence-corrected chi connectivity index (χ3v) is 10.3. The lowest BCUT2D eigenvalue weighted by molar-refractivity contribution is 1.18. The summed E-state index contributed by atoms with van der Waals surface area (Å²) in [5.74, 6) is 0. The molecule has 0 aliphatic carbocycles. The van der Waals surface area contributed by atoms with Crippen LogP contribution in [0, 0.1) is 0 Å². The number of benzene rings is 7. The van der Waals surface area contributed by atoms with Crippen LogP contribution in [0.2, 0.25) is 0 Å². The second-order valence-electron chi connectivity index (χ2n) is 11.8. The van der Waals surface area contributed by atoms with Crippen LogP contribution in [-0.4, -0.2) is 4.57 Å². The highest BCUT2D eigenvalue weighted by Crippen LogP contribution is 2.42. The fourth-order valence-corrected chi connectivity index (χ4v) is 8.11. The smallest absolute Gasteiger partial charge is 0.0541 e. The minimum atomic E-state index is 0.920. The standard InChI is InChI=1S/C43H29NS/c1-28-32(14-4-2-12-29-13-3-11-21-43(29)45-28)30-22-25-42-40(26-30)38-19-9-10-20-41(38)44(42)31-23-24-37-35-17-6-5-15-33(35)34-16-7-8-18-36(34)39(37)27-31/h2-11,13-27H,1,12H2/b4-2-,32-14+. The van der Waals surface area contributed by atoms with Gasteiger partial charge in [-0.3, -0.25) is 0 Å². The second kappa shape index (κ2) is 10.4. The Morgan fingerprint density at radius 1 is 0.533 bits per heavy atom. The predicted octanol–water partition coefficient (Wildman–Crippen LogP) is 12.0. The van der Waals surface area contributed by atoms with Crippen molar-refractivity contribution in [3.8, 4) is 5.69 Å². The van der Waals surface area contributed by atoms with Crippen LogP contribution >= 0.6 is 11.8 Å². The van der Waals surface area contributed by atoms with Crippen LogP contribution in [0.3, 0.4) is 0 Å². The van der Waals surface area contributed by atoms with Gasteiger partial charge in [0, 0.05) is 26.3 Å². The maximum absolute atomic E-state index is 4.54. The minimum absolute atomic E-state index is 0.920. The Kier molecular flexibility index (Phi) is 6.04. The maximum atomic E-state index is 4.54. The molecule has 1 nitrogen and oxygen atoms in total. The molecule has 8 aromatic rings. The van der Waals surface area contributed by atoms with Crippen LogP contribution in [0.25, 0.3) is 65.4 Å². The quantitative estimate of drug-likeness (QED) is 0.181. The van der Waals surface area contributed by atoms with Crippen molar-refractivity contribution in [3.05, 3.63) is 174 Å². The summed E-state index contributed by atoms with van der Waals surface area (Å²) in [4.78, 5) is 2.33. The summed E-state index contributed by atoms with van der Waals surface area (Å²) in [5.41, 5.74) is 7.26. The first-order chi connectivity index (χ1) is 22.2. The van der Waals surface area contributed by atoms with Crippen molar-refractivity contribution in [2.75, 3.05) is 0 Å². The van der Waals surface area contributed by atoms with E-state index in [1.807, 2.05) is 0 Å². The Morgan fingerprint density at radius 3 is 1.93 bits per heavy atom. The highest BCUT2D eigenvalue weighted by atomic mass is 32.2. The number of para-hydroxylation sites is 1. The lowest BCUT2D eigenvalue weighted by Gasteiger charge is -2.14. The highest BCUT2D eigenvalue weighted by molar-refractivity contribution is 8.03. The van der Waals surface area contributed by atoms with Gasteiger partial charge in [-0.15, -0.1) is 0 Å². The zero-order valence-corrected chi connectivity index (χ0v) is 25.5. The van der Waals surface area contributed by atoms with E-state index in [1.165, 1.54) is 75.8 Å². The van der Waals surface area contributed by atoms with Crippen LogP contribution in [0.1, 0.15) is 11.1 Å². The van der Waals surface area contributed by atoms with Gasteiger partial charge in [0.25, 0.3) is 0 Å². The second-order valence-corrected chi connectivity index (χ2v) is 12.9. The van der Waals surface area contributed by atoms with Crippen molar-refractivity contribution in [1.82, 2.24) is 4.57 Å². The Labute approximate surface area is 266 Å². The lowest BCUT2D eigenvalue weighted by atomic mass is 9.94. The molecule has 2 heteroatoms. The molecule has 0 radical (unpaired) electrons. The van der Waals surface area contributed by atoms with Gasteiger partial charge in [-0.2, -0.15) is 0 Å². The van der Waals surface area contributed by atoms with Gasteiger partial charge in [0.2, 0.25) is 0 Å². The average molecular weight is 592 g/mol. The molecule has 45 heavy (non-hydrogen) atoms. The van der Waals surface area contributed by atoms with E-state index in [1.54, 1.807) is 11.8 Å². The van der Waals surface area contributed by atoms with Gasteiger partial charge in [0.15, 0.2) is 0 Å². The molecule has 7 aromatic carbocycles. The van der Waals surface area contributed by atoms with E-state index >= 15 is 0 Å². The number of hydrogen-bond acceptors (Lipinski definition) is 1. The van der Waals surface area contributed by atoms with Gasteiger partial charge < -0.3 is 4.57 Å². The molecule has 0 N–H and O–H groups in total. The molecule has 1 aliphatic heterocycles. The summed E-state index contributed by atoms with van der Waals surface area (Å²) in [6.45, 7) is 4.54. The Morgan fingerprint density at radius 2 is 1.16 bits per heavy atom. The molecule has 0 spiro atoms. The molecule has 1 aromatic heterocycles. The Hall–Kier alpha value is -5.31. The lowest BCUT2D eigenvalue weighted by Crippen LogP contribution is -1.95. The SMILES string of the molecule is C=C1Sc2ccccc2C/C=C\C=C/1c1ccc2c(c1)c1ccccc1n2-c1ccc2c3ccccc3c3ccccc3c2c1. The molecular weight excluding hydrogens is 563 g/mol. The molecular formula is C43H29NS. The van der Waals surface area contributed by atoms with Gasteiger partial charge in [0.1, 0.15) is 0 Å². The summed E-state index contributed by atoms with van der Waals surface area (Å²) in [6, 6.07) is 48.9. The van der Waals surface area contributed by atoms with Crippen molar-refractivity contribution in [2.45, 2.75) is 11.3 Å². The first-order valence-corrected chi connectivity index (χ1v) is 16.3. The molecule has 0 atom stereocenters. The highest BCUT2D eigenvalue weighted by Gasteiger charge is 2.17. The van der Waals surface area contributed by atoms with Crippen LogP contribution in [0.15, 0.2) is 168 Å². The number of rotatable bonds is 2. The number of allylic oxidation sites excluding steroid dienone is 4. The van der Waals surface area contributed by atoms with Crippen molar-refractivity contribution in [3.63, 3.8) is 0 Å². The normalized spacial score (nSPS) is 15.6. The van der Waals surface area contributed by atoms with Crippen molar-refractivity contribution < 1.29 is 0 Å². The number of nitrogens with zero attached hydrogens (tertiary/aromatic N) is 1. The Balaban J connectivity index is 1.24. The van der Waals surface area contributed by atoms with Gasteiger partial charge in [-0.1, -0.05) is 134 Å². The third kappa shape index (κ3) is 4.18. The number of aromatic nitrogens is 1. The van der Waals surface area contributed by atoms with Gasteiger partial charge in [-0.05, 0) is 91.8 Å². The first kappa shape index (κ1) is 26.1. The van der Waals surface area contributed by atoms with Gasteiger partial charge in [0.05, 0.1) is 11.0 Å². The summed E-state index contributed by atoms with van der Waals surface area (Å²) >= 11 is 1.77. The number of hydrogen-bond donors (Lipinski definition) is 0. The van der Waals surface area contributed by atoms with Gasteiger partial charge >= 0.3 is 0 Å². The van der Waals surface area contributed by atoms with Crippen molar-refractivity contribution >= 4 is 71.5 Å². The maximum Gasteiger partial charge on any atom is 0.0541 e. The monoisotopic (exact) mass is 591 g/mol. The molecule has 9 rings (SSSR count). The molecule has 0 saturated carbocycles. The first-order valence-electron chi connectivity index (χ1n) is 15.4. The molecule has 1 aliphatic rings. The summed E-state index contributed by atoms with van der Waals surface area (Å²) in [6.07, 6.45) is 7.57. The summed E-state index contributed by atoms with van der Waals surface area (Å²) in [7, 11) is 0. The zero-order valence-electron chi connectivity index (χ0n) is 24.7. The van der Waals surface area contributed by atoms with Crippen LogP contribution in [0.5, 0.6) is 0 Å². The fourth-order valence-electron chi connectivity index (χ4n) is 7.12. The van der Waals surface area contributed by atoms with E-state index < -0.39 is 0 Å². The van der Waals surface area contributed by atoms with Crippen LogP contribution in [0.4, 0.5) is 0 Å². The van der Waals surface area contributed by atoms with E-state index in [2.05, 4.69) is 163 Å². The largest absolute Gasteiger partial charge is 0.309 e. The number of thioether (sulfide) groups is 1. The predicted molar refractivity (Wildman–Crippen MR) is 196 cm³/mol. The van der Waals surface area contributed by atoms with Crippen LogP contribution < -0.4 is 0 Å². The molecule has 0 bridgehead atoms. The molecule has 0 amide bonds. The minimum Gasteiger partial charge on any atom is -0.309 e. The Bertz CT molecular complexity index is 2530. The molecule has 0 saturated heterocycles. The van der Waals surface area contributed by atoms with E-state index in [4.69, 9.17) is 0 Å². The fraction of sp³-hybridized carbons (Fsp3) is 0.0233. The summed E-state index contributed by atoms with van der Waals surface area (Å²) in [5, 5.41) is 10.2.